The third-order valence-corrected chi connectivity index (χ3v) is 8.25. The molecule has 5 rings (SSSR count). The SMILES string of the molecule is CN(C(=O)Oc1ccc(C#N)c(F)c1)[C@@H]1CN(C(=O)C2CCN(c3ccc(C#N)cn3)CC2)C[C@H]1c1ccc(Cl)cc1. The number of nitriles is 2. The number of carbonyl (C=O) groups excluding carboxylic acids is 2. The van der Waals surface area contributed by atoms with Gasteiger partial charge in [-0.05, 0) is 54.8 Å². The molecule has 2 aliphatic heterocycles. The number of piperidine rings is 1. The molecule has 0 bridgehead atoms. The molecule has 0 aliphatic carbocycles. The van der Waals surface area contributed by atoms with Crippen LogP contribution in [0.15, 0.2) is 60.8 Å². The highest BCUT2D eigenvalue weighted by Gasteiger charge is 2.42. The maximum Gasteiger partial charge on any atom is 0.415 e. The molecule has 0 radical (unpaired) electrons. The van der Waals surface area contributed by atoms with E-state index in [9.17, 15) is 14.0 Å². The number of halogens is 2. The lowest BCUT2D eigenvalue weighted by Crippen LogP contribution is -2.45. The Kier molecular flexibility index (Phi) is 8.56. The quantitative estimate of drug-likeness (QED) is 0.415. The van der Waals surface area contributed by atoms with Crippen molar-refractivity contribution in [1.82, 2.24) is 14.8 Å². The lowest BCUT2D eigenvalue weighted by atomic mass is 9.93. The minimum atomic E-state index is -0.775. The van der Waals surface area contributed by atoms with Crippen molar-refractivity contribution in [1.29, 1.82) is 10.5 Å². The van der Waals surface area contributed by atoms with Gasteiger partial charge in [0.25, 0.3) is 0 Å². The predicted octanol–water partition coefficient (Wildman–Crippen LogP) is 4.96. The number of likely N-dealkylation sites (tertiary alicyclic amines) is 1. The molecule has 1 aromatic heterocycles. The fourth-order valence-corrected chi connectivity index (χ4v) is 5.73. The Morgan fingerprint density at radius 3 is 2.40 bits per heavy atom. The van der Waals surface area contributed by atoms with E-state index < -0.39 is 18.0 Å². The molecule has 0 N–H and O–H groups in total. The summed E-state index contributed by atoms with van der Waals surface area (Å²) in [6, 6.07) is 18.0. The van der Waals surface area contributed by atoms with E-state index in [-0.39, 0.29) is 29.1 Å². The number of anilines is 1. The Balaban J connectivity index is 1.28. The molecule has 42 heavy (non-hydrogen) atoms. The Labute approximate surface area is 248 Å². The zero-order chi connectivity index (χ0) is 29.8. The van der Waals surface area contributed by atoms with Crippen LogP contribution in [0.2, 0.25) is 5.02 Å². The Morgan fingerprint density at radius 1 is 1.05 bits per heavy atom. The summed E-state index contributed by atoms with van der Waals surface area (Å²) in [6.07, 6.45) is 2.18. The average molecular weight is 587 g/mol. The second-order valence-electron chi connectivity index (χ2n) is 10.5. The standard InChI is InChI=1S/C31H28ClFN6O3/c1-37(31(41)42-25-8-5-23(16-35)27(33)14-25)28-19-39(18-26(28)21-3-6-24(32)7-4-21)30(40)22-10-12-38(13-11-22)29-9-2-20(15-34)17-36-29/h2-9,14,17,22,26,28H,10-13,18-19H2,1H3/t26-,28+/m0/s1. The number of hydrogen-bond acceptors (Lipinski definition) is 7. The number of carbonyl (C=O) groups is 2. The van der Waals surface area contributed by atoms with Gasteiger partial charge in [-0.15, -0.1) is 0 Å². The molecule has 9 nitrogen and oxygen atoms in total. The van der Waals surface area contributed by atoms with Crippen LogP contribution < -0.4 is 9.64 Å². The van der Waals surface area contributed by atoms with Gasteiger partial charge in [0.2, 0.25) is 5.91 Å². The zero-order valence-electron chi connectivity index (χ0n) is 22.9. The molecule has 2 saturated heterocycles. The highest BCUT2D eigenvalue weighted by atomic mass is 35.5. The predicted molar refractivity (Wildman–Crippen MR) is 153 cm³/mol. The summed E-state index contributed by atoms with van der Waals surface area (Å²) >= 11 is 6.12. The number of nitrogens with zero attached hydrogens (tertiary/aromatic N) is 6. The van der Waals surface area contributed by atoms with Crippen LogP contribution in [0.1, 0.15) is 35.4 Å². The van der Waals surface area contributed by atoms with Crippen LogP contribution >= 0.6 is 11.6 Å². The third kappa shape index (κ3) is 6.14. The fourth-order valence-electron chi connectivity index (χ4n) is 5.61. The molecule has 214 valence electrons. The van der Waals surface area contributed by atoms with E-state index in [0.29, 0.717) is 49.6 Å². The normalized spacial score (nSPS) is 18.7. The molecule has 11 heteroatoms. The van der Waals surface area contributed by atoms with Crippen molar-refractivity contribution in [2.24, 2.45) is 5.92 Å². The lowest BCUT2D eigenvalue weighted by molar-refractivity contribution is -0.135. The number of aromatic nitrogens is 1. The van der Waals surface area contributed by atoms with Crippen LogP contribution in [0.3, 0.4) is 0 Å². The second-order valence-corrected chi connectivity index (χ2v) is 10.9. The topological polar surface area (TPSA) is 114 Å². The van der Waals surface area contributed by atoms with Crippen molar-refractivity contribution in [3.05, 3.63) is 88.3 Å². The van der Waals surface area contributed by atoms with Crippen molar-refractivity contribution in [2.75, 3.05) is 38.1 Å². The molecule has 0 spiro atoms. The van der Waals surface area contributed by atoms with E-state index in [1.807, 2.05) is 23.1 Å². The summed E-state index contributed by atoms with van der Waals surface area (Å²) in [6.45, 7) is 2.07. The molecule has 3 heterocycles. The van der Waals surface area contributed by atoms with E-state index in [0.717, 1.165) is 17.4 Å². The summed E-state index contributed by atoms with van der Waals surface area (Å²) in [7, 11) is 1.60. The van der Waals surface area contributed by atoms with Crippen LogP contribution in [0.25, 0.3) is 0 Å². The number of likely N-dealkylation sites (N-methyl/N-ethyl adjacent to an activating group) is 1. The van der Waals surface area contributed by atoms with E-state index in [4.69, 9.17) is 26.9 Å². The Hall–Kier alpha value is -4.67. The zero-order valence-corrected chi connectivity index (χ0v) is 23.7. The molecular weight excluding hydrogens is 559 g/mol. The Morgan fingerprint density at radius 2 is 1.79 bits per heavy atom. The van der Waals surface area contributed by atoms with Gasteiger partial charge in [-0.25, -0.2) is 14.2 Å². The van der Waals surface area contributed by atoms with E-state index in [1.165, 1.54) is 17.0 Å². The Bertz CT molecular complexity index is 1540. The molecule has 2 aliphatic rings. The number of hydrogen-bond donors (Lipinski definition) is 0. The molecule has 2 amide bonds. The van der Waals surface area contributed by atoms with Crippen molar-refractivity contribution in [2.45, 2.75) is 24.8 Å². The van der Waals surface area contributed by atoms with Crippen LogP contribution in [0.4, 0.5) is 15.0 Å². The number of pyridine rings is 1. The number of benzene rings is 2. The average Bonchev–Trinajstić information content (AvgIpc) is 3.46. The van der Waals surface area contributed by atoms with Crippen LogP contribution in [-0.2, 0) is 4.79 Å². The first-order valence-electron chi connectivity index (χ1n) is 13.6. The van der Waals surface area contributed by atoms with E-state index >= 15 is 0 Å². The van der Waals surface area contributed by atoms with Crippen LogP contribution in [0, 0.1) is 34.4 Å². The van der Waals surface area contributed by atoms with E-state index in [2.05, 4.69) is 16.0 Å². The van der Waals surface area contributed by atoms with Crippen LogP contribution in [0.5, 0.6) is 5.75 Å². The molecule has 3 aromatic rings. The largest absolute Gasteiger partial charge is 0.415 e. The number of amides is 2. The summed E-state index contributed by atoms with van der Waals surface area (Å²) in [5, 5.41) is 18.6. The first-order valence-corrected chi connectivity index (χ1v) is 13.9. The van der Waals surface area contributed by atoms with Crippen molar-refractivity contribution in [3.63, 3.8) is 0 Å². The monoisotopic (exact) mass is 586 g/mol. The smallest absolute Gasteiger partial charge is 0.410 e. The minimum absolute atomic E-state index is 0.0131. The molecule has 0 saturated carbocycles. The molecule has 2 fully saturated rings. The summed E-state index contributed by atoms with van der Waals surface area (Å²) < 4.78 is 19.5. The summed E-state index contributed by atoms with van der Waals surface area (Å²) in [5.74, 6) is -0.317. The van der Waals surface area contributed by atoms with Gasteiger partial charge in [-0.1, -0.05) is 23.7 Å². The van der Waals surface area contributed by atoms with Gasteiger partial charge in [-0.2, -0.15) is 10.5 Å². The summed E-state index contributed by atoms with van der Waals surface area (Å²) in [5.41, 5.74) is 1.29. The number of rotatable bonds is 5. The van der Waals surface area contributed by atoms with Gasteiger partial charge >= 0.3 is 6.09 Å². The highest BCUT2D eigenvalue weighted by molar-refractivity contribution is 6.30. The maximum atomic E-state index is 14.1. The third-order valence-electron chi connectivity index (χ3n) is 8.00. The van der Waals surface area contributed by atoms with Gasteiger partial charge in [-0.3, -0.25) is 4.79 Å². The van der Waals surface area contributed by atoms with Crippen molar-refractivity contribution >= 4 is 29.4 Å². The van der Waals surface area contributed by atoms with Gasteiger partial charge < -0.3 is 19.4 Å². The molecule has 0 unspecified atom stereocenters. The molecule has 2 aromatic carbocycles. The van der Waals surface area contributed by atoms with Gasteiger partial charge in [0, 0.05) is 62.3 Å². The first kappa shape index (κ1) is 28.8. The summed E-state index contributed by atoms with van der Waals surface area (Å²) in [4.78, 5) is 36.6. The molecule has 2 atom stereocenters. The first-order chi connectivity index (χ1) is 20.3. The van der Waals surface area contributed by atoms with Gasteiger partial charge in [0.1, 0.15) is 29.5 Å². The van der Waals surface area contributed by atoms with Gasteiger partial charge in [0.05, 0.1) is 17.2 Å². The fraction of sp³-hybridized carbons (Fsp3) is 0.323. The number of ether oxygens (including phenoxy) is 1. The van der Waals surface area contributed by atoms with Crippen molar-refractivity contribution in [3.8, 4) is 17.9 Å². The van der Waals surface area contributed by atoms with E-state index in [1.54, 1.807) is 37.5 Å². The highest BCUT2D eigenvalue weighted by Crippen LogP contribution is 2.34. The second kappa shape index (κ2) is 12.5. The minimum Gasteiger partial charge on any atom is -0.410 e. The lowest BCUT2D eigenvalue weighted by Gasteiger charge is -2.34. The maximum absolute atomic E-state index is 14.1. The molecular formula is C31H28ClFN6O3. The van der Waals surface area contributed by atoms with Crippen molar-refractivity contribution < 1.29 is 18.7 Å². The van der Waals surface area contributed by atoms with Crippen LogP contribution in [-0.4, -0.2) is 66.1 Å². The van der Waals surface area contributed by atoms with Gasteiger partial charge in [0.15, 0.2) is 0 Å².